The maximum absolute atomic E-state index is 14.4. The smallest absolute Gasteiger partial charge is 0.171 e. The molecule has 1 saturated heterocycles. The highest BCUT2D eigenvalue weighted by Crippen LogP contribution is 2.27. The molecule has 1 aromatic carbocycles. The number of halogens is 2. The molecular weight excluding hydrogens is 305 g/mol. The van der Waals surface area contributed by atoms with Crippen LogP contribution in [-0.2, 0) is 0 Å². The fourth-order valence-corrected chi connectivity index (χ4v) is 2.62. The number of benzene rings is 1. The van der Waals surface area contributed by atoms with Gasteiger partial charge in [-0.25, -0.2) is 14.4 Å². The van der Waals surface area contributed by atoms with E-state index in [9.17, 15) is 4.39 Å². The first kappa shape index (κ1) is 15.0. The van der Waals surface area contributed by atoms with Gasteiger partial charge in [0.05, 0.1) is 17.6 Å². The van der Waals surface area contributed by atoms with Crippen molar-refractivity contribution in [3.8, 4) is 11.3 Å². The van der Waals surface area contributed by atoms with Crippen LogP contribution in [-0.4, -0.2) is 48.1 Å². The zero-order valence-corrected chi connectivity index (χ0v) is 13.0. The van der Waals surface area contributed by atoms with E-state index < -0.39 is 0 Å². The fourth-order valence-electron chi connectivity index (χ4n) is 2.48. The summed E-state index contributed by atoms with van der Waals surface area (Å²) in [6, 6.07) is 5.07. The first-order chi connectivity index (χ1) is 10.5. The molecule has 0 atom stereocenters. The third-order valence-electron chi connectivity index (χ3n) is 3.84. The third kappa shape index (κ3) is 2.98. The summed E-state index contributed by atoms with van der Waals surface area (Å²) in [7, 11) is 2.07. The number of aromatic nitrogens is 2. The van der Waals surface area contributed by atoms with Crippen LogP contribution < -0.4 is 10.6 Å². The van der Waals surface area contributed by atoms with E-state index in [1.807, 2.05) is 6.07 Å². The molecule has 1 aromatic heterocycles. The Balaban J connectivity index is 1.87. The van der Waals surface area contributed by atoms with Crippen LogP contribution in [0.3, 0.4) is 0 Å². The van der Waals surface area contributed by atoms with Crippen molar-refractivity contribution in [1.29, 1.82) is 0 Å². The van der Waals surface area contributed by atoms with E-state index in [0.29, 0.717) is 16.9 Å². The summed E-state index contributed by atoms with van der Waals surface area (Å²) < 4.78 is 14.4. The number of piperazine rings is 1. The third-order valence-corrected chi connectivity index (χ3v) is 4.12. The van der Waals surface area contributed by atoms with Gasteiger partial charge in [-0.05, 0) is 19.2 Å². The van der Waals surface area contributed by atoms with Crippen LogP contribution in [0.5, 0.6) is 0 Å². The second kappa shape index (κ2) is 6.06. The monoisotopic (exact) mass is 321 g/mol. The van der Waals surface area contributed by atoms with Gasteiger partial charge in [0.15, 0.2) is 11.0 Å². The van der Waals surface area contributed by atoms with Crippen molar-refractivity contribution in [2.24, 2.45) is 0 Å². The Morgan fingerprint density at radius 3 is 2.59 bits per heavy atom. The molecule has 2 aromatic rings. The molecule has 3 rings (SSSR count). The number of hydrogen-bond acceptors (Lipinski definition) is 5. The van der Waals surface area contributed by atoms with Crippen LogP contribution >= 0.6 is 11.6 Å². The minimum Gasteiger partial charge on any atom is -0.381 e. The fraction of sp³-hybridized carbons (Fsp3) is 0.333. The largest absolute Gasteiger partial charge is 0.381 e. The van der Waals surface area contributed by atoms with Gasteiger partial charge in [0.1, 0.15) is 5.82 Å². The molecule has 0 radical (unpaired) electrons. The van der Waals surface area contributed by atoms with E-state index in [4.69, 9.17) is 17.3 Å². The predicted molar refractivity (Wildman–Crippen MR) is 86.6 cm³/mol. The van der Waals surface area contributed by atoms with Crippen molar-refractivity contribution in [2.45, 2.75) is 0 Å². The summed E-state index contributed by atoms with van der Waals surface area (Å²) in [5.74, 6) is -0.100. The maximum Gasteiger partial charge on any atom is 0.171 e. The number of hydrogen-bond donors (Lipinski definition) is 1. The van der Waals surface area contributed by atoms with Crippen molar-refractivity contribution in [1.82, 2.24) is 14.9 Å². The molecule has 7 heteroatoms. The number of nitrogens with zero attached hydrogens (tertiary/aromatic N) is 4. The molecule has 116 valence electrons. The minimum absolute atomic E-state index is 0.126. The van der Waals surface area contributed by atoms with Crippen molar-refractivity contribution >= 4 is 23.1 Å². The lowest BCUT2D eigenvalue weighted by Crippen LogP contribution is -2.44. The van der Waals surface area contributed by atoms with Gasteiger partial charge in [-0.3, -0.25) is 0 Å². The second-order valence-electron chi connectivity index (χ2n) is 5.39. The van der Waals surface area contributed by atoms with E-state index in [0.717, 1.165) is 26.2 Å². The van der Waals surface area contributed by atoms with E-state index in [1.54, 1.807) is 6.07 Å². The Kier molecular flexibility index (Phi) is 4.13. The molecule has 2 N–H and O–H groups in total. The molecule has 0 aliphatic carbocycles. The van der Waals surface area contributed by atoms with Gasteiger partial charge in [-0.1, -0.05) is 17.7 Å². The average molecular weight is 322 g/mol. The molecule has 0 unspecified atom stereocenters. The summed E-state index contributed by atoms with van der Waals surface area (Å²) in [6.07, 6.45) is 1.49. The average Bonchev–Trinajstić information content (AvgIpc) is 2.51. The highest BCUT2D eigenvalue weighted by atomic mass is 35.5. The van der Waals surface area contributed by atoms with E-state index in [2.05, 4.69) is 26.8 Å². The molecule has 1 aliphatic heterocycles. The Morgan fingerprint density at radius 2 is 1.95 bits per heavy atom. The Morgan fingerprint density at radius 1 is 1.23 bits per heavy atom. The van der Waals surface area contributed by atoms with Crippen LogP contribution in [0, 0.1) is 5.82 Å². The van der Waals surface area contributed by atoms with Crippen molar-refractivity contribution in [2.75, 3.05) is 43.9 Å². The molecular formula is C15H17ClFN5. The number of likely N-dealkylation sites (N-methyl/N-ethyl adjacent to an activating group) is 1. The van der Waals surface area contributed by atoms with Crippen LogP contribution in [0.1, 0.15) is 0 Å². The molecule has 0 bridgehead atoms. The first-order valence-electron chi connectivity index (χ1n) is 7.06. The molecule has 22 heavy (non-hydrogen) atoms. The summed E-state index contributed by atoms with van der Waals surface area (Å²) in [5.41, 5.74) is 7.29. The Bertz CT molecular complexity index is 686. The molecule has 2 heterocycles. The SMILES string of the molecule is CN1CCN(c2ccc(-c3cnc(N)c(Cl)n3)cc2F)CC1. The molecule has 5 nitrogen and oxygen atoms in total. The number of nitrogens with two attached hydrogens (primary N) is 1. The van der Waals surface area contributed by atoms with E-state index in [-0.39, 0.29) is 16.8 Å². The summed E-state index contributed by atoms with van der Waals surface area (Å²) in [6.45, 7) is 3.50. The molecule has 0 spiro atoms. The standard InChI is InChI=1S/C15H17ClFN5/c1-21-4-6-22(7-5-21)13-3-2-10(8-11(13)17)12-9-19-15(18)14(16)20-12/h2-3,8-9H,4-7H2,1H3,(H2,18,19). The molecule has 1 aliphatic rings. The lowest BCUT2D eigenvalue weighted by molar-refractivity contribution is 0.311. The van der Waals surface area contributed by atoms with Crippen LogP contribution in [0.2, 0.25) is 5.15 Å². The predicted octanol–water partition coefficient (Wildman–Crippen LogP) is 2.27. The number of nitrogen functional groups attached to an aromatic ring is 1. The lowest BCUT2D eigenvalue weighted by Gasteiger charge is -2.34. The van der Waals surface area contributed by atoms with Gasteiger partial charge in [-0.2, -0.15) is 0 Å². The molecule has 0 amide bonds. The molecule has 1 fully saturated rings. The number of anilines is 2. The van der Waals surface area contributed by atoms with Crippen molar-refractivity contribution in [3.63, 3.8) is 0 Å². The lowest BCUT2D eigenvalue weighted by atomic mass is 10.1. The van der Waals surface area contributed by atoms with Gasteiger partial charge in [0.25, 0.3) is 0 Å². The number of rotatable bonds is 2. The van der Waals surface area contributed by atoms with Gasteiger partial charge in [0, 0.05) is 31.7 Å². The van der Waals surface area contributed by atoms with E-state index >= 15 is 0 Å². The quantitative estimate of drug-likeness (QED) is 0.919. The second-order valence-corrected chi connectivity index (χ2v) is 5.75. The zero-order valence-electron chi connectivity index (χ0n) is 12.3. The summed E-state index contributed by atoms with van der Waals surface area (Å²) in [5, 5.41) is 0.126. The van der Waals surface area contributed by atoms with E-state index in [1.165, 1.54) is 12.3 Å². The summed E-state index contributed by atoms with van der Waals surface area (Å²) in [4.78, 5) is 12.4. The Hall–Kier alpha value is -1.92. The van der Waals surface area contributed by atoms with Crippen molar-refractivity contribution in [3.05, 3.63) is 35.4 Å². The van der Waals surface area contributed by atoms with Gasteiger partial charge >= 0.3 is 0 Å². The topological polar surface area (TPSA) is 58.3 Å². The first-order valence-corrected chi connectivity index (χ1v) is 7.44. The van der Waals surface area contributed by atoms with Crippen molar-refractivity contribution < 1.29 is 4.39 Å². The maximum atomic E-state index is 14.4. The van der Waals surface area contributed by atoms with Crippen LogP contribution in [0.15, 0.2) is 24.4 Å². The van der Waals surface area contributed by atoms with Gasteiger partial charge in [0.2, 0.25) is 0 Å². The highest BCUT2D eigenvalue weighted by molar-refractivity contribution is 6.31. The zero-order chi connectivity index (χ0) is 15.7. The minimum atomic E-state index is -0.267. The van der Waals surface area contributed by atoms with Gasteiger partial charge in [-0.15, -0.1) is 0 Å². The summed E-state index contributed by atoms with van der Waals surface area (Å²) >= 11 is 5.86. The van der Waals surface area contributed by atoms with Crippen LogP contribution in [0.25, 0.3) is 11.3 Å². The van der Waals surface area contributed by atoms with Gasteiger partial charge < -0.3 is 15.5 Å². The van der Waals surface area contributed by atoms with Crippen LogP contribution in [0.4, 0.5) is 15.9 Å². The normalized spacial score (nSPS) is 16.0. The highest BCUT2D eigenvalue weighted by Gasteiger charge is 2.18. The Labute approximate surface area is 133 Å². The molecule has 0 saturated carbocycles.